The van der Waals surface area contributed by atoms with Gasteiger partial charge in [0.05, 0.1) is 33.0 Å². The van der Waals surface area contributed by atoms with Gasteiger partial charge in [0, 0.05) is 0 Å². The van der Waals surface area contributed by atoms with E-state index in [0.29, 0.717) is 11.5 Å². The third-order valence-electron chi connectivity index (χ3n) is 3.49. The number of rotatable bonds is 9. The van der Waals surface area contributed by atoms with Crippen molar-refractivity contribution in [1.82, 2.24) is 0 Å². The Labute approximate surface area is 137 Å². The van der Waals surface area contributed by atoms with E-state index in [1.807, 2.05) is 0 Å². The first kappa shape index (κ1) is 19.7. The van der Waals surface area contributed by atoms with Gasteiger partial charge in [-0.1, -0.05) is 0 Å². The Hall–Kier alpha value is -1.36. The van der Waals surface area contributed by atoms with Crippen molar-refractivity contribution in [1.29, 1.82) is 0 Å². The summed E-state index contributed by atoms with van der Waals surface area (Å²) in [5.41, 5.74) is 0.275. The fourth-order valence-corrected chi connectivity index (χ4v) is 3.91. The summed E-state index contributed by atoms with van der Waals surface area (Å²) in [6.07, 6.45) is 0. The lowest BCUT2D eigenvalue weighted by Crippen LogP contribution is -2.34. The zero-order valence-corrected chi connectivity index (χ0v) is 15.4. The standard InChI is InChI=1S/C16H25O6P/c1-7-21-23(18,22-8-2)16(3,4)15(17)13-11-12(19-5)9-10-14(13)20-6/h9-11H,7-8H2,1-6H3. The van der Waals surface area contributed by atoms with Crippen LogP contribution >= 0.6 is 7.60 Å². The summed E-state index contributed by atoms with van der Waals surface area (Å²) < 4.78 is 34.2. The molecular formula is C16H25O6P. The highest BCUT2D eigenvalue weighted by molar-refractivity contribution is 7.56. The second-order valence-electron chi connectivity index (χ2n) is 5.29. The van der Waals surface area contributed by atoms with Crippen molar-refractivity contribution in [3.63, 3.8) is 0 Å². The molecule has 0 bridgehead atoms. The molecule has 0 spiro atoms. The zero-order chi connectivity index (χ0) is 17.7. The van der Waals surface area contributed by atoms with E-state index in [2.05, 4.69) is 0 Å². The number of carbonyl (C=O) groups is 1. The third kappa shape index (κ3) is 3.94. The number of hydrogen-bond acceptors (Lipinski definition) is 6. The molecule has 0 saturated heterocycles. The number of carbonyl (C=O) groups excluding carboxylic acids is 1. The normalized spacial score (nSPS) is 12.1. The summed E-state index contributed by atoms with van der Waals surface area (Å²) in [7, 11) is -0.669. The summed E-state index contributed by atoms with van der Waals surface area (Å²) in [4.78, 5) is 13.0. The van der Waals surface area contributed by atoms with Crippen LogP contribution in [0.5, 0.6) is 11.5 Å². The highest BCUT2D eigenvalue weighted by Gasteiger charge is 2.50. The van der Waals surface area contributed by atoms with E-state index in [1.165, 1.54) is 14.2 Å². The van der Waals surface area contributed by atoms with Crippen LogP contribution in [0.25, 0.3) is 0 Å². The molecule has 0 aliphatic carbocycles. The van der Waals surface area contributed by atoms with Gasteiger partial charge in [-0.3, -0.25) is 9.36 Å². The molecule has 0 aliphatic heterocycles. The highest BCUT2D eigenvalue weighted by atomic mass is 31.2. The van der Waals surface area contributed by atoms with Crippen molar-refractivity contribution < 1.29 is 27.9 Å². The Balaban J connectivity index is 3.37. The van der Waals surface area contributed by atoms with Crippen LogP contribution in [-0.2, 0) is 13.6 Å². The second kappa shape index (κ2) is 7.95. The predicted octanol–water partition coefficient (Wildman–Crippen LogP) is 3.93. The van der Waals surface area contributed by atoms with Gasteiger partial charge >= 0.3 is 7.60 Å². The van der Waals surface area contributed by atoms with E-state index >= 15 is 0 Å². The summed E-state index contributed by atoms with van der Waals surface area (Å²) in [6.45, 7) is 6.89. The fourth-order valence-electron chi connectivity index (χ4n) is 2.15. The minimum atomic E-state index is -3.64. The monoisotopic (exact) mass is 344 g/mol. The van der Waals surface area contributed by atoms with E-state index in [-0.39, 0.29) is 18.8 Å². The minimum absolute atomic E-state index is 0.184. The number of ether oxygens (including phenoxy) is 2. The van der Waals surface area contributed by atoms with Crippen molar-refractivity contribution in [3.8, 4) is 11.5 Å². The van der Waals surface area contributed by atoms with Gasteiger partial charge in [0.25, 0.3) is 0 Å². The van der Waals surface area contributed by atoms with Crippen LogP contribution in [0.3, 0.4) is 0 Å². The third-order valence-corrected chi connectivity index (χ3v) is 6.26. The van der Waals surface area contributed by atoms with E-state index < -0.39 is 18.5 Å². The van der Waals surface area contributed by atoms with Crippen LogP contribution in [-0.4, -0.2) is 38.4 Å². The Morgan fingerprint density at radius 1 is 1.09 bits per heavy atom. The van der Waals surface area contributed by atoms with Crippen molar-refractivity contribution >= 4 is 13.4 Å². The van der Waals surface area contributed by atoms with E-state index in [0.717, 1.165) is 0 Å². The molecule has 1 aromatic rings. The van der Waals surface area contributed by atoms with Crippen LogP contribution in [0.4, 0.5) is 0 Å². The predicted molar refractivity (Wildman–Crippen MR) is 88.8 cm³/mol. The first-order valence-electron chi connectivity index (χ1n) is 7.43. The maximum Gasteiger partial charge on any atom is 0.343 e. The van der Waals surface area contributed by atoms with Crippen molar-refractivity contribution in [2.45, 2.75) is 32.9 Å². The van der Waals surface area contributed by atoms with Crippen molar-refractivity contribution in [2.24, 2.45) is 0 Å². The van der Waals surface area contributed by atoms with Crippen molar-refractivity contribution in [2.75, 3.05) is 27.4 Å². The molecule has 7 heteroatoms. The average Bonchev–Trinajstić information content (AvgIpc) is 2.53. The van der Waals surface area contributed by atoms with Gasteiger partial charge in [0.2, 0.25) is 0 Å². The number of hydrogen-bond donors (Lipinski definition) is 0. The van der Waals surface area contributed by atoms with E-state index in [9.17, 15) is 9.36 Å². The van der Waals surface area contributed by atoms with E-state index in [1.54, 1.807) is 45.9 Å². The smallest absolute Gasteiger partial charge is 0.343 e. The van der Waals surface area contributed by atoms with Crippen LogP contribution in [0.1, 0.15) is 38.1 Å². The molecule has 0 N–H and O–H groups in total. The molecule has 0 atom stereocenters. The Morgan fingerprint density at radius 2 is 1.65 bits per heavy atom. The van der Waals surface area contributed by atoms with Crippen LogP contribution in [0.15, 0.2) is 18.2 Å². The fraction of sp³-hybridized carbons (Fsp3) is 0.562. The highest BCUT2D eigenvalue weighted by Crippen LogP contribution is 2.61. The summed E-state index contributed by atoms with van der Waals surface area (Å²) >= 11 is 0. The molecule has 0 aromatic heterocycles. The molecule has 0 aliphatic rings. The van der Waals surface area contributed by atoms with Gasteiger partial charge in [0.1, 0.15) is 16.7 Å². The maximum atomic E-state index is 13.1. The van der Waals surface area contributed by atoms with Gasteiger partial charge in [-0.25, -0.2) is 0 Å². The SMILES string of the molecule is CCOP(=O)(OCC)C(C)(C)C(=O)c1cc(OC)ccc1OC. The second-order valence-corrected chi connectivity index (χ2v) is 7.92. The zero-order valence-electron chi connectivity index (χ0n) is 14.5. The quantitative estimate of drug-likeness (QED) is 0.499. The largest absolute Gasteiger partial charge is 0.497 e. The molecule has 6 nitrogen and oxygen atoms in total. The van der Waals surface area contributed by atoms with Gasteiger partial charge in [-0.2, -0.15) is 0 Å². The van der Waals surface area contributed by atoms with Gasteiger partial charge < -0.3 is 18.5 Å². The Bertz CT molecular complexity index is 586. The molecule has 0 unspecified atom stereocenters. The van der Waals surface area contributed by atoms with Crippen LogP contribution < -0.4 is 9.47 Å². The Kier molecular flexibility index (Phi) is 6.81. The molecule has 1 rings (SSSR count). The minimum Gasteiger partial charge on any atom is -0.497 e. The molecular weight excluding hydrogens is 319 g/mol. The maximum absolute atomic E-state index is 13.1. The van der Waals surface area contributed by atoms with Gasteiger partial charge in [-0.05, 0) is 45.9 Å². The van der Waals surface area contributed by atoms with E-state index in [4.69, 9.17) is 18.5 Å². The molecule has 0 radical (unpaired) electrons. The van der Waals surface area contributed by atoms with Crippen molar-refractivity contribution in [3.05, 3.63) is 23.8 Å². The molecule has 1 aromatic carbocycles. The average molecular weight is 344 g/mol. The molecule has 0 fully saturated rings. The first-order chi connectivity index (χ1) is 10.8. The first-order valence-corrected chi connectivity index (χ1v) is 8.97. The molecule has 130 valence electrons. The Morgan fingerprint density at radius 3 is 2.09 bits per heavy atom. The van der Waals surface area contributed by atoms with Crippen LogP contribution in [0.2, 0.25) is 0 Å². The molecule has 23 heavy (non-hydrogen) atoms. The number of ketones is 1. The topological polar surface area (TPSA) is 71.1 Å². The molecule has 0 saturated carbocycles. The van der Waals surface area contributed by atoms with Gasteiger partial charge in [0.15, 0.2) is 5.78 Å². The lowest BCUT2D eigenvalue weighted by Gasteiger charge is -2.31. The summed E-state index contributed by atoms with van der Waals surface area (Å²) in [6, 6.07) is 4.88. The number of methoxy groups -OCH3 is 2. The molecule has 0 heterocycles. The van der Waals surface area contributed by atoms with Crippen LogP contribution in [0, 0.1) is 0 Å². The lowest BCUT2D eigenvalue weighted by atomic mass is 9.99. The number of benzene rings is 1. The number of Topliss-reactive ketones (excluding diaryl/α,β-unsaturated/α-hetero) is 1. The summed E-state index contributed by atoms with van der Waals surface area (Å²) in [5.74, 6) is 0.495. The molecule has 0 amide bonds. The lowest BCUT2D eigenvalue weighted by molar-refractivity contribution is 0.0919. The summed E-state index contributed by atoms with van der Waals surface area (Å²) in [5, 5.41) is -1.36. The van der Waals surface area contributed by atoms with Gasteiger partial charge in [-0.15, -0.1) is 0 Å².